The van der Waals surface area contributed by atoms with E-state index in [-0.39, 0.29) is 35.3 Å². The van der Waals surface area contributed by atoms with E-state index in [1.54, 1.807) is 56.7 Å². The van der Waals surface area contributed by atoms with Gasteiger partial charge < -0.3 is 19.3 Å². The Balaban J connectivity index is 1.13. The number of nitrogens with zero attached hydrogens (tertiary/aromatic N) is 2. The van der Waals surface area contributed by atoms with Crippen LogP contribution in [0.5, 0.6) is 23.0 Å². The minimum absolute atomic E-state index is 0.0333. The zero-order valence-corrected chi connectivity index (χ0v) is 35.7. The predicted molar refractivity (Wildman–Crippen MR) is 236 cm³/mol. The number of hydrogen-bond acceptors (Lipinski definition) is 9. The van der Waals surface area contributed by atoms with Crippen molar-refractivity contribution in [1.29, 1.82) is 0 Å². The molecule has 2 aliphatic carbocycles. The number of hydrazine groups is 1. The van der Waals surface area contributed by atoms with Crippen LogP contribution in [0, 0.1) is 29.5 Å². The Hall–Kier alpha value is -6.63. The molecule has 14 heteroatoms. The van der Waals surface area contributed by atoms with E-state index < -0.39 is 58.5 Å². The van der Waals surface area contributed by atoms with Crippen molar-refractivity contribution in [3.63, 3.8) is 0 Å². The second kappa shape index (κ2) is 16.2. The van der Waals surface area contributed by atoms with Crippen molar-refractivity contribution < 1.29 is 42.9 Å². The first-order valence-electron chi connectivity index (χ1n) is 20.2. The van der Waals surface area contributed by atoms with Gasteiger partial charge in [0.1, 0.15) is 17.3 Å². The van der Waals surface area contributed by atoms with Gasteiger partial charge >= 0.3 is 0 Å². The molecule has 5 aromatic rings. The summed E-state index contributed by atoms with van der Waals surface area (Å²) in [7, 11) is 4.55. The van der Waals surface area contributed by atoms with Crippen LogP contribution in [0.2, 0.25) is 10.0 Å². The minimum atomic E-state index is -1.65. The molecule has 0 bridgehead atoms. The SMILES string of the molecule is COc1ccc(OC)c(C=Cc2ccc(N3C(=O)[C@H]4[C@H](CC=C5[C@H]4C[C@H]4C(=O)N(Nc6ccc(F)cc6)C(=O)[C@@]4(c4ccc(Cl)cc4)[C@H]5c4cc(Cl)c(O)c(OC)c4)C3=O)cc2)c1. The van der Waals surface area contributed by atoms with Gasteiger partial charge in [0.25, 0.3) is 11.8 Å². The van der Waals surface area contributed by atoms with Crippen LogP contribution in [0.4, 0.5) is 15.8 Å². The van der Waals surface area contributed by atoms with Crippen LogP contribution in [0.15, 0.2) is 115 Å². The van der Waals surface area contributed by atoms with E-state index in [1.165, 1.54) is 42.3 Å². The number of aromatic hydroxyl groups is 1. The largest absolute Gasteiger partial charge is 0.503 e. The molecule has 2 heterocycles. The van der Waals surface area contributed by atoms with Gasteiger partial charge in [0.05, 0.1) is 60.9 Å². The zero-order chi connectivity index (χ0) is 44.3. The highest BCUT2D eigenvalue weighted by atomic mass is 35.5. The number of fused-ring (bicyclic) bond motifs is 4. The number of ether oxygens (including phenoxy) is 3. The maximum atomic E-state index is 15.4. The Morgan fingerprint density at radius 1 is 0.778 bits per heavy atom. The molecule has 0 spiro atoms. The molecule has 2 aliphatic heterocycles. The number of imide groups is 2. The lowest BCUT2D eigenvalue weighted by atomic mass is 9.49. The van der Waals surface area contributed by atoms with Gasteiger partial charge in [0.2, 0.25) is 11.8 Å². The maximum Gasteiger partial charge on any atom is 0.260 e. The number of carbonyl (C=O) groups is 4. The van der Waals surface area contributed by atoms with E-state index in [0.717, 1.165) is 16.1 Å². The number of hydrogen-bond donors (Lipinski definition) is 2. The van der Waals surface area contributed by atoms with Crippen LogP contribution in [-0.4, -0.2) is 55.1 Å². The molecule has 0 unspecified atom stereocenters. The van der Waals surface area contributed by atoms with E-state index in [0.29, 0.717) is 44.6 Å². The second-order valence-electron chi connectivity index (χ2n) is 16.0. The van der Waals surface area contributed by atoms with Crippen LogP contribution in [-0.2, 0) is 24.6 Å². The minimum Gasteiger partial charge on any atom is -0.503 e. The summed E-state index contributed by atoms with van der Waals surface area (Å²) in [6.45, 7) is 0. The van der Waals surface area contributed by atoms with Crippen LogP contribution in [0.25, 0.3) is 12.2 Å². The van der Waals surface area contributed by atoms with Crippen molar-refractivity contribution >= 4 is 70.4 Å². The fourth-order valence-electron chi connectivity index (χ4n) is 10.1. The Labute approximate surface area is 372 Å². The van der Waals surface area contributed by atoms with Gasteiger partial charge in [-0.05, 0) is 114 Å². The molecule has 4 aliphatic rings. The highest BCUT2D eigenvalue weighted by Gasteiger charge is 2.70. The van der Waals surface area contributed by atoms with Crippen LogP contribution < -0.4 is 24.5 Å². The summed E-state index contributed by atoms with van der Waals surface area (Å²) in [4.78, 5) is 60.9. The average Bonchev–Trinajstić information content (AvgIpc) is 3.67. The van der Waals surface area contributed by atoms with Gasteiger partial charge in [0, 0.05) is 16.5 Å². The number of carbonyl (C=O) groups excluding carboxylic acids is 4. The lowest BCUT2D eigenvalue weighted by molar-refractivity contribution is -0.138. The Bertz CT molecular complexity index is 2740. The molecule has 0 radical (unpaired) electrons. The van der Waals surface area contributed by atoms with E-state index in [1.807, 2.05) is 48.6 Å². The number of phenols is 1. The Morgan fingerprint density at radius 3 is 2.17 bits per heavy atom. The lowest BCUT2D eigenvalue weighted by Crippen LogP contribution is -2.53. The number of phenolic OH excluding ortho intramolecular Hbond substituents is 1. The number of rotatable bonds is 10. The number of methoxy groups -OCH3 is 3. The zero-order valence-electron chi connectivity index (χ0n) is 34.2. The quantitative estimate of drug-likeness (QED) is 0.0800. The molecule has 0 aromatic heterocycles. The monoisotopic (exact) mass is 887 g/mol. The third kappa shape index (κ3) is 6.79. The summed E-state index contributed by atoms with van der Waals surface area (Å²) >= 11 is 13.1. The van der Waals surface area contributed by atoms with Crippen LogP contribution in [0.3, 0.4) is 0 Å². The van der Waals surface area contributed by atoms with E-state index in [9.17, 15) is 23.9 Å². The van der Waals surface area contributed by atoms with Crippen molar-refractivity contribution in [3.8, 4) is 23.0 Å². The van der Waals surface area contributed by atoms with Gasteiger partial charge in [0.15, 0.2) is 11.5 Å². The summed E-state index contributed by atoms with van der Waals surface area (Å²) in [5.41, 5.74) is 5.17. The summed E-state index contributed by atoms with van der Waals surface area (Å²) in [6.07, 6.45) is 5.91. The molecule has 6 atom stereocenters. The van der Waals surface area contributed by atoms with Crippen LogP contribution >= 0.6 is 23.2 Å². The first-order chi connectivity index (χ1) is 30.4. The summed E-state index contributed by atoms with van der Waals surface area (Å²) in [6, 6.07) is 27.6. The molecular weight excluding hydrogens is 848 g/mol. The van der Waals surface area contributed by atoms with Gasteiger partial charge in [-0.15, -0.1) is 0 Å². The van der Waals surface area contributed by atoms with E-state index >= 15 is 4.79 Å². The van der Waals surface area contributed by atoms with Gasteiger partial charge in [-0.1, -0.05) is 71.3 Å². The van der Waals surface area contributed by atoms with Crippen molar-refractivity contribution in [3.05, 3.63) is 153 Å². The Kier molecular flexibility index (Phi) is 10.8. The number of allylic oxidation sites excluding steroid dienone is 2. The molecule has 1 saturated carbocycles. The molecular formula is C49H40Cl2FN3O8. The summed E-state index contributed by atoms with van der Waals surface area (Å²) in [5, 5.41) is 12.2. The molecule has 320 valence electrons. The highest BCUT2D eigenvalue weighted by molar-refractivity contribution is 6.32. The van der Waals surface area contributed by atoms with Gasteiger partial charge in [-0.25, -0.2) is 4.39 Å². The molecule has 4 amide bonds. The second-order valence-corrected chi connectivity index (χ2v) is 16.8. The number of benzene rings is 5. The number of nitrogens with one attached hydrogen (secondary N) is 1. The molecule has 3 fully saturated rings. The third-order valence-electron chi connectivity index (χ3n) is 12.9. The topological polar surface area (TPSA) is 135 Å². The number of anilines is 2. The fourth-order valence-corrected chi connectivity index (χ4v) is 10.4. The molecule has 63 heavy (non-hydrogen) atoms. The van der Waals surface area contributed by atoms with Gasteiger partial charge in [-0.2, -0.15) is 5.01 Å². The molecule has 9 rings (SSSR count). The van der Waals surface area contributed by atoms with Crippen molar-refractivity contribution in [1.82, 2.24) is 5.01 Å². The normalized spacial score (nSPS) is 24.0. The lowest BCUT2D eigenvalue weighted by Gasteiger charge is -2.50. The highest BCUT2D eigenvalue weighted by Crippen LogP contribution is 2.65. The third-order valence-corrected chi connectivity index (χ3v) is 13.4. The summed E-state index contributed by atoms with van der Waals surface area (Å²) in [5.74, 6) is -5.75. The van der Waals surface area contributed by atoms with Crippen molar-refractivity contribution in [2.45, 2.75) is 24.2 Å². The van der Waals surface area contributed by atoms with Crippen molar-refractivity contribution in [2.75, 3.05) is 31.7 Å². The standard InChI is InChI=1S/C49H40Cl2FN3O8/c1-61-34-18-21-40(62-2)27(22-34)7-4-26-5-16-33(17-6-26)54-45(57)36-20-19-35-37(42(36)47(54)59)25-38-46(58)55(53-32-14-12-31(52)13-15-32)48(60)49(38,29-8-10-30(50)11-9-29)43(35)28-23-39(51)44(56)41(24-28)63-3/h4-19,21-24,36-38,42-43,53,56H,20,25H2,1-3H3/t36-,37+,38-,42-,43-,49+/m0/s1. The Morgan fingerprint density at radius 2 is 1.49 bits per heavy atom. The van der Waals surface area contributed by atoms with E-state index in [2.05, 4.69) is 5.43 Å². The van der Waals surface area contributed by atoms with Crippen molar-refractivity contribution in [2.24, 2.45) is 23.7 Å². The molecule has 5 aromatic carbocycles. The average molecular weight is 889 g/mol. The number of amides is 4. The number of halogens is 3. The smallest absolute Gasteiger partial charge is 0.260 e. The van der Waals surface area contributed by atoms with Crippen LogP contribution in [0.1, 0.15) is 41.0 Å². The molecule has 11 nitrogen and oxygen atoms in total. The maximum absolute atomic E-state index is 15.4. The van der Waals surface area contributed by atoms with E-state index in [4.69, 9.17) is 37.4 Å². The van der Waals surface area contributed by atoms with Gasteiger partial charge in [-0.3, -0.25) is 29.5 Å². The fraction of sp³-hybridized carbons (Fsp3) is 0.224. The summed E-state index contributed by atoms with van der Waals surface area (Å²) < 4.78 is 30.4. The first-order valence-corrected chi connectivity index (χ1v) is 21.0. The molecule has 2 N–H and O–H groups in total. The first kappa shape index (κ1) is 41.7. The molecule has 2 saturated heterocycles. The predicted octanol–water partition coefficient (Wildman–Crippen LogP) is 9.22.